The average molecular weight is 208 g/mol. The van der Waals surface area contributed by atoms with Crippen molar-refractivity contribution >= 4 is 11.8 Å². The molecule has 3 nitrogen and oxygen atoms in total. The fraction of sp³-hybridized carbons (Fsp3) is 0.500. The van der Waals surface area contributed by atoms with Gasteiger partial charge in [0, 0.05) is 13.3 Å². The second kappa shape index (κ2) is 4.91. The minimum absolute atomic E-state index is 0.165. The molecule has 1 aliphatic carbocycles. The first-order chi connectivity index (χ1) is 7.00. The van der Waals surface area contributed by atoms with Crippen molar-refractivity contribution in [3.05, 3.63) is 22.8 Å². The number of allylic oxidation sites excluding steroid dienone is 3. The van der Waals surface area contributed by atoms with Crippen molar-refractivity contribution < 1.29 is 14.3 Å². The molecule has 0 aromatic rings. The van der Waals surface area contributed by atoms with Gasteiger partial charge in [-0.05, 0) is 31.4 Å². The van der Waals surface area contributed by atoms with Gasteiger partial charge >= 0.3 is 5.97 Å². The maximum absolute atomic E-state index is 11.4. The molecule has 1 rings (SSSR count). The Bertz CT molecular complexity index is 348. The molecule has 0 aliphatic heterocycles. The van der Waals surface area contributed by atoms with Crippen LogP contribution >= 0.6 is 0 Å². The average Bonchev–Trinajstić information content (AvgIpc) is 2.18. The van der Waals surface area contributed by atoms with E-state index in [1.807, 2.05) is 19.9 Å². The zero-order chi connectivity index (χ0) is 11.4. The molecule has 0 aromatic carbocycles. The van der Waals surface area contributed by atoms with Gasteiger partial charge in [-0.15, -0.1) is 0 Å². The van der Waals surface area contributed by atoms with Gasteiger partial charge in [-0.3, -0.25) is 9.59 Å². The first-order valence-corrected chi connectivity index (χ1v) is 5.01. The number of hydrogen-bond acceptors (Lipinski definition) is 3. The highest BCUT2D eigenvalue weighted by Crippen LogP contribution is 2.22. The Kier molecular flexibility index (Phi) is 3.83. The molecule has 0 fully saturated rings. The smallest absolute Gasteiger partial charge is 0.302 e. The molecule has 0 atom stereocenters. The lowest BCUT2D eigenvalue weighted by Gasteiger charge is -2.15. The molecule has 0 spiro atoms. The van der Waals surface area contributed by atoms with E-state index in [9.17, 15) is 9.59 Å². The van der Waals surface area contributed by atoms with E-state index in [1.54, 1.807) is 0 Å². The van der Waals surface area contributed by atoms with Crippen LogP contribution < -0.4 is 0 Å². The van der Waals surface area contributed by atoms with Crippen LogP contribution in [0.3, 0.4) is 0 Å². The summed E-state index contributed by atoms with van der Waals surface area (Å²) in [5.74, 6) is -0.123. The second-order valence-electron chi connectivity index (χ2n) is 3.86. The van der Waals surface area contributed by atoms with Crippen molar-refractivity contribution in [2.45, 2.75) is 33.6 Å². The molecule has 0 unspecified atom stereocenters. The van der Waals surface area contributed by atoms with E-state index in [4.69, 9.17) is 4.74 Å². The van der Waals surface area contributed by atoms with E-state index >= 15 is 0 Å². The van der Waals surface area contributed by atoms with Gasteiger partial charge in [0.25, 0.3) is 0 Å². The molecule has 82 valence electrons. The Labute approximate surface area is 89.8 Å². The summed E-state index contributed by atoms with van der Waals surface area (Å²) < 4.78 is 4.89. The van der Waals surface area contributed by atoms with Gasteiger partial charge < -0.3 is 4.74 Å². The lowest BCUT2D eigenvalue weighted by Crippen LogP contribution is -2.10. The van der Waals surface area contributed by atoms with Gasteiger partial charge in [-0.2, -0.15) is 0 Å². The molecule has 1 aliphatic rings. The van der Waals surface area contributed by atoms with E-state index < -0.39 is 0 Å². The van der Waals surface area contributed by atoms with Gasteiger partial charge in [-0.25, -0.2) is 0 Å². The summed E-state index contributed by atoms with van der Waals surface area (Å²) in [5, 5.41) is 0. The third kappa shape index (κ3) is 3.35. The third-order valence-electron chi connectivity index (χ3n) is 2.56. The second-order valence-corrected chi connectivity index (χ2v) is 3.86. The molecule has 0 saturated carbocycles. The van der Waals surface area contributed by atoms with Crippen LogP contribution in [0.5, 0.6) is 0 Å². The fourth-order valence-corrected chi connectivity index (χ4v) is 1.43. The van der Waals surface area contributed by atoms with Crippen molar-refractivity contribution in [1.29, 1.82) is 0 Å². The minimum atomic E-state index is -0.288. The lowest BCUT2D eigenvalue weighted by molar-refractivity contribution is -0.139. The zero-order valence-corrected chi connectivity index (χ0v) is 9.42. The number of hydrogen-bond donors (Lipinski definition) is 0. The molecular formula is C12H16O3. The van der Waals surface area contributed by atoms with Crippen molar-refractivity contribution in [1.82, 2.24) is 0 Å². The Balaban J connectivity index is 2.67. The lowest BCUT2D eigenvalue weighted by atomic mass is 9.91. The molecule has 15 heavy (non-hydrogen) atoms. The quantitative estimate of drug-likeness (QED) is 0.516. The predicted octanol–water partition coefficient (Wildman–Crippen LogP) is 2.18. The van der Waals surface area contributed by atoms with Gasteiger partial charge in [0.1, 0.15) is 6.61 Å². The van der Waals surface area contributed by atoms with E-state index in [-0.39, 0.29) is 11.8 Å². The largest absolute Gasteiger partial charge is 0.461 e. The number of rotatable bonds is 2. The Hall–Kier alpha value is -1.38. The number of esters is 1. The van der Waals surface area contributed by atoms with Crippen molar-refractivity contribution in [3.63, 3.8) is 0 Å². The maximum Gasteiger partial charge on any atom is 0.302 e. The van der Waals surface area contributed by atoms with Crippen LogP contribution in [-0.2, 0) is 14.3 Å². The summed E-state index contributed by atoms with van der Waals surface area (Å²) in [4.78, 5) is 22.1. The summed E-state index contributed by atoms with van der Waals surface area (Å²) in [6, 6.07) is 0. The van der Waals surface area contributed by atoms with Crippen LogP contribution in [0.15, 0.2) is 22.8 Å². The Morgan fingerprint density at radius 2 is 2.13 bits per heavy atom. The molecule has 0 saturated heterocycles. The number of ether oxygens (including phenoxy) is 1. The van der Waals surface area contributed by atoms with Crippen LogP contribution in [0.1, 0.15) is 33.6 Å². The van der Waals surface area contributed by atoms with E-state index in [1.165, 1.54) is 6.92 Å². The van der Waals surface area contributed by atoms with Crippen molar-refractivity contribution in [2.24, 2.45) is 0 Å². The Morgan fingerprint density at radius 3 is 2.67 bits per heavy atom. The van der Waals surface area contributed by atoms with E-state index in [0.717, 1.165) is 23.1 Å². The maximum atomic E-state index is 11.4. The molecule has 0 heterocycles. The van der Waals surface area contributed by atoms with Crippen LogP contribution in [0.25, 0.3) is 0 Å². The standard InChI is InChI=1S/C12H16O3/c1-8-4-5-11(6-12(8)14)9(2)7-15-10(3)13/h4H,5-7H2,1-3H3. The molecule has 0 radical (unpaired) electrons. The zero-order valence-electron chi connectivity index (χ0n) is 9.42. The summed E-state index contributed by atoms with van der Waals surface area (Å²) >= 11 is 0. The van der Waals surface area contributed by atoms with E-state index in [2.05, 4.69) is 0 Å². The summed E-state index contributed by atoms with van der Waals surface area (Å²) in [6.45, 7) is 5.42. The summed E-state index contributed by atoms with van der Waals surface area (Å²) in [5.41, 5.74) is 2.90. The summed E-state index contributed by atoms with van der Waals surface area (Å²) in [6.07, 6.45) is 3.19. The summed E-state index contributed by atoms with van der Waals surface area (Å²) in [7, 11) is 0. The highest BCUT2D eigenvalue weighted by atomic mass is 16.5. The van der Waals surface area contributed by atoms with Gasteiger partial charge in [0.15, 0.2) is 5.78 Å². The SMILES string of the molecule is CC(=O)OCC(C)=C1CC=C(C)C(=O)C1. The van der Waals surface area contributed by atoms with Crippen LogP contribution in [0.4, 0.5) is 0 Å². The normalized spacial score (nSPS) is 19.7. The number of carbonyl (C=O) groups is 2. The predicted molar refractivity (Wildman–Crippen MR) is 57.3 cm³/mol. The molecule has 0 bridgehead atoms. The first-order valence-electron chi connectivity index (χ1n) is 5.01. The third-order valence-corrected chi connectivity index (χ3v) is 2.56. The van der Waals surface area contributed by atoms with Crippen LogP contribution in [-0.4, -0.2) is 18.4 Å². The van der Waals surface area contributed by atoms with Crippen LogP contribution in [0, 0.1) is 0 Å². The highest BCUT2D eigenvalue weighted by molar-refractivity contribution is 5.97. The Morgan fingerprint density at radius 1 is 1.47 bits per heavy atom. The van der Waals surface area contributed by atoms with Crippen LogP contribution in [0.2, 0.25) is 0 Å². The number of carbonyl (C=O) groups excluding carboxylic acids is 2. The molecule has 3 heteroatoms. The fourth-order valence-electron chi connectivity index (χ4n) is 1.43. The van der Waals surface area contributed by atoms with E-state index in [0.29, 0.717) is 13.0 Å². The van der Waals surface area contributed by atoms with Gasteiger partial charge in [0.05, 0.1) is 0 Å². The van der Waals surface area contributed by atoms with Crippen molar-refractivity contribution in [3.8, 4) is 0 Å². The molecule has 0 N–H and O–H groups in total. The topological polar surface area (TPSA) is 43.4 Å². The molecule has 0 amide bonds. The minimum Gasteiger partial charge on any atom is -0.461 e. The monoisotopic (exact) mass is 208 g/mol. The molecule has 0 aromatic heterocycles. The van der Waals surface area contributed by atoms with Crippen molar-refractivity contribution in [2.75, 3.05) is 6.61 Å². The molecular weight excluding hydrogens is 192 g/mol. The highest BCUT2D eigenvalue weighted by Gasteiger charge is 2.15. The number of Topliss-reactive ketones (excluding diaryl/α,β-unsaturated/α-hetero) is 1. The van der Waals surface area contributed by atoms with Gasteiger partial charge in [0.2, 0.25) is 0 Å². The first kappa shape index (κ1) is 11.7. The number of ketones is 1. The van der Waals surface area contributed by atoms with Gasteiger partial charge in [-0.1, -0.05) is 11.6 Å².